The molecule has 0 aromatic carbocycles. The number of nitrogens with one attached hydrogen (secondary N) is 1. The van der Waals surface area contributed by atoms with Gasteiger partial charge in [-0.15, -0.1) is 0 Å². The van der Waals surface area contributed by atoms with Gasteiger partial charge in [-0.3, -0.25) is 0 Å². The van der Waals surface area contributed by atoms with Crippen LogP contribution >= 0.6 is 0 Å². The van der Waals surface area contributed by atoms with Crippen LogP contribution in [0.5, 0.6) is 0 Å². The number of hydrogen-bond acceptors (Lipinski definition) is 3. The summed E-state index contributed by atoms with van der Waals surface area (Å²) < 4.78 is 0. The molecule has 1 aromatic rings. The van der Waals surface area contributed by atoms with Gasteiger partial charge in [-0.25, -0.2) is 9.97 Å². The van der Waals surface area contributed by atoms with Crippen molar-refractivity contribution in [3.63, 3.8) is 0 Å². The summed E-state index contributed by atoms with van der Waals surface area (Å²) in [7, 11) is 0. The first-order chi connectivity index (χ1) is 7.29. The topological polar surface area (TPSA) is 37.8 Å². The van der Waals surface area contributed by atoms with Gasteiger partial charge in [0, 0.05) is 23.7 Å². The highest BCUT2D eigenvalue weighted by Gasteiger charge is 2.18. The Bertz CT molecular complexity index is 351. The van der Waals surface area contributed by atoms with Crippen LogP contribution in [-0.4, -0.2) is 16.0 Å². The van der Waals surface area contributed by atoms with Gasteiger partial charge in [0.1, 0.15) is 5.82 Å². The Hall–Kier alpha value is -0.960. The van der Waals surface area contributed by atoms with Gasteiger partial charge >= 0.3 is 0 Å². The first-order valence-electron chi connectivity index (χ1n) is 5.87. The van der Waals surface area contributed by atoms with Gasteiger partial charge in [0.25, 0.3) is 0 Å². The van der Waals surface area contributed by atoms with E-state index in [0.29, 0.717) is 6.04 Å². The molecule has 0 aliphatic carbocycles. The van der Waals surface area contributed by atoms with E-state index >= 15 is 0 Å². The lowest BCUT2D eigenvalue weighted by molar-refractivity contribution is 0.528. The number of hydrogen-bond donors (Lipinski definition) is 1. The zero-order chi connectivity index (χ0) is 12.3. The van der Waals surface area contributed by atoms with Crippen molar-refractivity contribution in [1.82, 2.24) is 15.3 Å². The van der Waals surface area contributed by atoms with Crippen LogP contribution in [0.3, 0.4) is 0 Å². The minimum Gasteiger partial charge on any atom is -0.309 e. The molecule has 0 aliphatic heterocycles. The molecule has 0 atom stereocenters. The van der Waals surface area contributed by atoms with Crippen LogP contribution in [0.2, 0.25) is 0 Å². The highest BCUT2D eigenvalue weighted by molar-refractivity contribution is 5.14. The van der Waals surface area contributed by atoms with Gasteiger partial charge in [-0.1, -0.05) is 34.6 Å². The van der Waals surface area contributed by atoms with Gasteiger partial charge in [0.2, 0.25) is 0 Å². The molecule has 0 saturated heterocycles. The van der Waals surface area contributed by atoms with Crippen molar-refractivity contribution >= 4 is 0 Å². The van der Waals surface area contributed by atoms with E-state index in [-0.39, 0.29) is 5.41 Å². The summed E-state index contributed by atoms with van der Waals surface area (Å²) in [5.74, 6) is 0.924. The molecule has 0 unspecified atom stereocenters. The largest absolute Gasteiger partial charge is 0.309 e. The fourth-order valence-corrected chi connectivity index (χ4v) is 1.37. The van der Waals surface area contributed by atoms with Crippen molar-refractivity contribution < 1.29 is 0 Å². The normalized spacial score (nSPS) is 12.2. The number of aromatic nitrogens is 2. The van der Waals surface area contributed by atoms with Crippen molar-refractivity contribution in [2.75, 3.05) is 0 Å². The summed E-state index contributed by atoms with van der Waals surface area (Å²) >= 11 is 0. The van der Waals surface area contributed by atoms with Gasteiger partial charge in [0.05, 0.1) is 5.69 Å². The molecule has 3 nitrogen and oxygen atoms in total. The Labute approximate surface area is 98.7 Å². The lowest BCUT2D eigenvalue weighted by atomic mass is 9.95. The second-order valence-corrected chi connectivity index (χ2v) is 5.61. The lowest BCUT2D eigenvalue weighted by Gasteiger charge is -2.18. The zero-order valence-corrected chi connectivity index (χ0v) is 11.3. The standard InChI is InChI=1S/C13H23N3/c1-9(2)14-8-11-7-10(3)15-12(16-11)13(4,5)6/h7,9,14H,8H2,1-6H3. The first kappa shape index (κ1) is 13.1. The predicted molar refractivity (Wildman–Crippen MR) is 67.4 cm³/mol. The van der Waals surface area contributed by atoms with Crippen molar-refractivity contribution in [3.05, 3.63) is 23.3 Å². The summed E-state index contributed by atoms with van der Waals surface area (Å²) in [6.07, 6.45) is 0. The Balaban J connectivity index is 2.90. The molecular weight excluding hydrogens is 198 g/mol. The molecule has 16 heavy (non-hydrogen) atoms. The SMILES string of the molecule is Cc1cc(CNC(C)C)nc(C(C)(C)C)n1. The highest BCUT2D eigenvalue weighted by atomic mass is 15.0. The maximum atomic E-state index is 4.60. The lowest BCUT2D eigenvalue weighted by Crippen LogP contribution is -2.24. The Morgan fingerprint density at radius 2 is 1.88 bits per heavy atom. The molecule has 90 valence electrons. The van der Waals surface area contributed by atoms with Crippen LogP contribution in [0.4, 0.5) is 0 Å². The molecule has 3 heteroatoms. The van der Waals surface area contributed by atoms with Crippen LogP contribution in [0.25, 0.3) is 0 Å². The van der Waals surface area contributed by atoms with Crippen molar-refractivity contribution in [3.8, 4) is 0 Å². The number of nitrogens with zero attached hydrogens (tertiary/aromatic N) is 2. The molecule has 0 amide bonds. The number of rotatable bonds is 3. The molecule has 1 heterocycles. The minimum atomic E-state index is 0.0125. The quantitative estimate of drug-likeness (QED) is 0.852. The fraction of sp³-hybridized carbons (Fsp3) is 0.692. The van der Waals surface area contributed by atoms with Gasteiger partial charge in [0.15, 0.2) is 0 Å². The molecule has 1 rings (SSSR count). The average molecular weight is 221 g/mol. The maximum absolute atomic E-state index is 4.60. The molecule has 1 aromatic heterocycles. The van der Waals surface area contributed by atoms with Gasteiger partial charge in [-0.05, 0) is 13.0 Å². The molecule has 0 fully saturated rings. The third kappa shape index (κ3) is 3.89. The molecule has 0 aliphatic rings. The van der Waals surface area contributed by atoms with E-state index in [1.54, 1.807) is 0 Å². The summed E-state index contributed by atoms with van der Waals surface area (Å²) in [6.45, 7) is 13.5. The van der Waals surface area contributed by atoms with E-state index in [4.69, 9.17) is 0 Å². The van der Waals surface area contributed by atoms with Crippen LogP contribution < -0.4 is 5.32 Å². The fourth-order valence-electron chi connectivity index (χ4n) is 1.37. The second-order valence-electron chi connectivity index (χ2n) is 5.61. The molecule has 0 bridgehead atoms. The van der Waals surface area contributed by atoms with E-state index in [1.165, 1.54) is 0 Å². The highest BCUT2D eigenvalue weighted by Crippen LogP contribution is 2.18. The summed E-state index contributed by atoms with van der Waals surface area (Å²) in [6, 6.07) is 2.53. The smallest absolute Gasteiger partial charge is 0.134 e. The van der Waals surface area contributed by atoms with Crippen molar-refractivity contribution in [2.24, 2.45) is 0 Å². The van der Waals surface area contributed by atoms with E-state index in [9.17, 15) is 0 Å². The van der Waals surface area contributed by atoms with E-state index in [0.717, 1.165) is 23.8 Å². The first-order valence-corrected chi connectivity index (χ1v) is 5.87. The molecule has 0 saturated carbocycles. The van der Waals surface area contributed by atoms with Crippen molar-refractivity contribution in [1.29, 1.82) is 0 Å². The molecular formula is C13H23N3. The summed E-state index contributed by atoms with van der Waals surface area (Å²) in [5.41, 5.74) is 2.13. The Morgan fingerprint density at radius 3 is 2.38 bits per heavy atom. The minimum absolute atomic E-state index is 0.0125. The van der Waals surface area contributed by atoms with Gasteiger partial charge in [-0.2, -0.15) is 0 Å². The van der Waals surface area contributed by atoms with Crippen LogP contribution in [0.15, 0.2) is 6.07 Å². The second kappa shape index (κ2) is 4.91. The van der Waals surface area contributed by atoms with Crippen molar-refractivity contribution in [2.45, 2.75) is 59.5 Å². The van der Waals surface area contributed by atoms with Crippen LogP contribution in [-0.2, 0) is 12.0 Å². The van der Waals surface area contributed by atoms with Gasteiger partial charge < -0.3 is 5.32 Å². The third-order valence-electron chi connectivity index (χ3n) is 2.27. The monoisotopic (exact) mass is 221 g/mol. The van der Waals surface area contributed by atoms with Crippen LogP contribution in [0, 0.1) is 6.92 Å². The summed E-state index contributed by atoms with van der Waals surface area (Å²) in [5, 5.41) is 3.38. The molecule has 0 spiro atoms. The Kier molecular flexibility index (Phi) is 4.03. The predicted octanol–water partition coefficient (Wildman–Crippen LogP) is 2.58. The van der Waals surface area contributed by atoms with E-state index in [1.807, 2.05) is 13.0 Å². The average Bonchev–Trinajstić information content (AvgIpc) is 2.12. The van der Waals surface area contributed by atoms with E-state index in [2.05, 4.69) is 49.9 Å². The molecule has 0 radical (unpaired) electrons. The van der Waals surface area contributed by atoms with Crippen LogP contribution in [0.1, 0.15) is 51.8 Å². The third-order valence-corrected chi connectivity index (χ3v) is 2.27. The zero-order valence-electron chi connectivity index (χ0n) is 11.3. The summed E-state index contributed by atoms with van der Waals surface area (Å²) in [4.78, 5) is 9.10. The maximum Gasteiger partial charge on any atom is 0.134 e. The number of aryl methyl sites for hydroxylation is 1. The Morgan fingerprint density at radius 1 is 1.25 bits per heavy atom. The molecule has 1 N–H and O–H groups in total. The van der Waals surface area contributed by atoms with E-state index < -0.39 is 0 Å².